The van der Waals surface area contributed by atoms with Crippen LogP contribution < -0.4 is 5.32 Å². The Kier molecular flexibility index (Phi) is 4.45. The van der Waals surface area contributed by atoms with E-state index >= 15 is 0 Å². The second kappa shape index (κ2) is 6.47. The second-order valence-corrected chi connectivity index (χ2v) is 4.34. The number of aromatic nitrogens is 3. The minimum Gasteiger partial charge on any atom is -0.478 e. The van der Waals surface area contributed by atoms with Crippen molar-refractivity contribution in [3.8, 4) is 0 Å². The number of carboxylic acids is 1. The monoisotopic (exact) mass is 286 g/mol. The first-order chi connectivity index (χ1) is 10.1. The van der Waals surface area contributed by atoms with Gasteiger partial charge in [0.2, 0.25) is 0 Å². The molecule has 0 unspecified atom stereocenters. The SMILES string of the molecule is Cc1[nH]ncc1CNC(=O)c1ccncc1C=CC(=O)O. The number of aliphatic carboxylic acids is 1. The van der Waals surface area contributed by atoms with Crippen molar-refractivity contribution < 1.29 is 14.7 Å². The van der Waals surface area contributed by atoms with Gasteiger partial charge in [-0.15, -0.1) is 0 Å². The van der Waals surface area contributed by atoms with Gasteiger partial charge >= 0.3 is 5.97 Å². The van der Waals surface area contributed by atoms with Crippen LogP contribution in [-0.2, 0) is 11.3 Å². The molecule has 0 aliphatic rings. The van der Waals surface area contributed by atoms with Crippen molar-refractivity contribution in [3.63, 3.8) is 0 Å². The highest BCUT2D eigenvalue weighted by atomic mass is 16.4. The van der Waals surface area contributed by atoms with Crippen LogP contribution >= 0.6 is 0 Å². The maximum Gasteiger partial charge on any atom is 0.328 e. The molecule has 3 N–H and O–H groups in total. The van der Waals surface area contributed by atoms with E-state index in [-0.39, 0.29) is 5.91 Å². The standard InChI is InChI=1S/C14H14N4O3/c1-9-11(8-17-18-9)7-16-14(21)12-4-5-15-6-10(12)2-3-13(19)20/h2-6,8H,7H2,1H3,(H,16,21)(H,17,18)(H,19,20). The molecule has 0 aliphatic carbocycles. The molecule has 0 fully saturated rings. The van der Waals surface area contributed by atoms with Crippen molar-refractivity contribution in [2.45, 2.75) is 13.5 Å². The minimum absolute atomic E-state index is 0.303. The highest BCUT2D eigenvalue weighted by molar-refractivity contribution is 5.98. The van der Waals surface area contributed by atoms with E-state index in [1.807, 2.05) is 6.92 Å². The van der Waals surface area contributed by atoms with Crippen molar-refractivity contribution in [2.75, 3.05) is 0 Å². The predicted octanol–water partition coefficient (Wildman–Crippen LogP) is 1.14. The van der Waals surface area contributed by atoms with Gasteiger partial charge in [0, 0.05) is 47.4 Å². The third-order valence-corrected chi connectivity index (χ3v) is 2.88. The summed E-state index contributed by atoms with van der Waals surface area (Å²) in [6, 6.07) is 1.54. The molecular formula is C14H14N4O3. The maximum atomic E-state index is 12.2. The smallest absolute Gasteiger partial charge is 0.328 e. The number of aryl methyl sites for hydroxylation is 1. The lowest BCUT2D eigenvalue weighted by atomic mass is 10.1. The largest absolute Gasteiger partial charge is 0.478 e. The maximum absolute atomic E-state index is 12.2. The molecule has 7 heteroatoms. The van der Waals surface area contributed by atoms with Gasteiger partial charge in [-0.1, -0.05) is 0 Å². The van der Waals surface area contributed by atoms with E-state index in [9.17, 15) is 9.59 Å². The molecule has 0 atom stereocenters. The zero-order valence-corrected chi connectivity index (χ0v) is 11.3. The number of hydrogen-bond donors (Lipinski definition) is 3. The Bertz CT molecular complexity index is 691. The van der Waals surface area contributed by atoms with Crippen LogP contribution in [0.1, 0.15) is 27.2 Å². The lowest BCUT2D eigenvalue weighted by Crippen LogP contribution is -2.23. The number of H-pyrrole nitrogens is 1. The topological polar surface area (TPSA) is 108 Å². The summed E-state index contributed by atoms with van der Waals surface area (Å²) in [4.78, 5) is 26.6. The minimum atomic E-state index is -1.08. The molecule has 108 valence electrons. The third kappa shape index (κ3) is 3.75. The fourth-order valence-electron chi connectivity index (χ4n) is 1.73. The van der Waals surface area contributed by atoms with Crippen LogP contribution in [0.15, 0.2) is 30.7 Å². The number of hydrogen-bond acceptors (Lipinski definition) is 4. The first kappa shape index (κ1) is 14.4. The summed E-state index contributed by atoms with van der Waals surface area (Å²) < 4.78 is 0. The van der Waals surface area contributed by atoms with E-state index in [0.717, 1.165) is 17.3 Å². The van der Waals surface area contributed by atoms with Gasteiger partial charge in [-0.2, -0.15) is 5.10 Å². The van der Waals surface area contributed by atoms with Crippen LogP contribution in [0, 0.1) is 6.92 Å². The Morgan fingerprint density at radius 2 is 2.24 bits per heavy atom. The molecule has 0 saturated heterocycles. The highest BCUT2D eigenvalue weighted by Crippen LogP contribution is 2.10. The molecule has 0 spiro atoms. The number of pyridine rings is 1. The second-order valence-electron chi connectivity index (χ2n) is 4.34. The number of carbonyl (C=O) groups is 2. The third-order valence-electron chi connectivity index (χ3n) is 2.88. The molecule has 1 amide bonds. The van der Waals surface area contributed by atoms with Crippen LogP contribution in [0.4, 0.5) is 0 Å². The highest BCUT2D eigenvalue weighted by Gasteiger charge is 2.10. The quantitative estimate of drug-likeness (QED) is 0.714. The van der Waals surface area contributed by atoms with E-state index in [4.69, 9.17) is 5.11 Å². The van der Waals surface area contributed by atoms with Gasteiger partial charge < -0.3 is 10.4 Å². The van der Waals surface area contributed by atoms with Gasteiger partial charge in [-0.05, 0) is 19.1 Å². The van der Waals surface area contributed by atoms with E-state index in [1.165, 1.54) is 18.5 Å². The summed E-state index contributed by atoms with van der Waals surface area (Å²) in [5.41, 5.74) is 2.58. The Morgan fingerprint density at radius 1 is 1.43 bits per heavy atom. The Labute approximate surface area is 120 Å². The average molecular weight is 286 g/mol. The Hall–Kier alpha value is -2.96. The van der Waals surface area contributed by atoms with E-state index in [2.05, 4.69) is 20.5 Å². The number of carbonyl (C=O) groups excluding carboxylic acids is 1. The fourth-order valence-corrected chi connectivity index (χ4v) is 1.73. The molecule has 2 rings (SSSR count). The van der Waals surface area contributed by atoms with Crippen molar-refractivity contribution >= 4 is 18.0 Å². The van der Waals surface area contributed by atoms with Gasteiger partial charge in [0.25, 0.3) is 5.91 Å². The predicted molar refractivity (Wildman–Crippen MR) is 75.4 cm³/mol. The molecule has 0 aliphatic heterocycles. The average Bonchev–Trinajstić information content (AvgIpc) is 2.88. The van der Waals surface area contributed by atoms with Crippen molar-refractivity contribution in [2.24, 2.45) is 0 Å². The molecule has 2 aromatic rings. The van der Waals surface area contributed by atoms with Crippen LogP contribution in [-0.4, -0.2) is 32.2 Å². The Morgan fingerprint density at radius 3 is 2.90 bits per heavy atom. The number of carboxylic acid groups (broad SMARTS) is 1. The van der Waals surface area contributed by atoms with Gasteiger partial charge in [-0.25, -0.2) is 4.79 Å². The van der Waals surface area contributed by atoms with Crippen molar-refractivity contribution in [1.29, 1.82) is 0 Å². The van der Waals surface area contributed by atoms with E-state index < -0.39 is 5.97 Å². The zero-order chi connectivity index (χ0) is 15.2. The number of aromatic amines is 1. The number of amides is 1. The van der Waals surface area contributed by atoms with Crippen LogP contribution in [0.2, 0.25) is 0 Å². The summed E-state index contributed by atoms with van der Waals surface area (Å²) in [5, 5.41) is 18.1. The van der Waals surface area contributed by atoms with Gasteiger partial charge in [0.05, 0.1) is 6.20 Å². The van der Waals surface area contributed by atoms with Gasteiger partial charge in [-0.3, -0.25) is 14.9 Å². The molecule has 7 nitrogen and oxygen atoms in total. The first-order valence-corrected chi connectivity index (χ1v) is 6.20. The molecule has 2 heterocycles. The van der Waals surface area contributed by atoms with Crippen LogP contribution in [0.25, 0.3) is 6.08 Å². The van der Waals surface area contributed by atoms with Gasteiger partial charge in [0.15, 0.2) is 0 Å². The molecule has 2 aromatic heterocycles. The van der Waals surface area contributed by atoms with E-state index in [1.54, 1.807) is 12.3 Å². The summed E-state index contributed by atoms with van der Waals surface area (Å²) in [6.45, 7) is 2.20. The number of nitrogens with one attached hydrogen (secondary N) is 2. The lowest BCUT2D eigenvalue weighted by Gasteiger charge is -2.07. The molecule has 0 aromatic carbocycles. The lowest BCUT2D eigenvalue weighted by molar-refractivity contribution is -0.131. The summed E-state index contributed by atoms with van der Waals surface area (Å²) in [7, 11) is 0. The zero-order valence-electron chi connectivity index (χ0n) is 11.3. The molecule has 21 heavy (non-hydrogen) atoms. The molecule has 0 saturated carbocycles. The molecule has 0 bridgehead atoms. The Balaban J connectivity index is 2.12. The fraction of sp³-hybridized carbons (Fsp3) is 0.143. The van der Waals surface area contributed by atoms with Gasteiger partial charge in [0.1, 0.15) is 0 Å². The number of rotatable bonds is 5. The molecular weight excluding hydrogens is 272 g/mol. The van der Waals surface area contributed by atoms with Crippen LogP contribution in [0.3, 0.4) is 0 Å². The molecule has 0 radical (unpaired) electrons. The number of nitrogens with zero attached hydrogens (tertiary/aromatic N) is 2. The summed E-state index contributed by atoms with van der Waals surface area (Å²) >= 11 is 0. The normalized spacial score (nSPS) is 10.7. The van der Waals surface area contributed by atoms with Crippen LogP contribution in [0.5, 0.6) is 0 Å². The summed E-state index contributed by atoms with van der Waals surface area (Å²) in [6.07, 6.45) is 6.88. The van der Waals surface area contributed by atoms with Crippen molar-refractivity contribution in [3.05, 3.63) is 53.1 Å². The van der Waals surface area contributed by atoms with Crippen molar-refractivity contribution in [1.82, 2.24) is 20.5 Å². The van der Waals surface area contributed by atoms with E-state index in [0.29, 0.717) is 17.7 Å². The summed E-state index contributed by atoms with van der Waals surface area (Å²) in [5.74, 6) is -1.39. The first-order valence-electron chi connectivity index (χ1n) is 6.20.